The van der Waals surface area contributed by atoms with Crippen molar-refractivity contribution in [1.29, 1.82) is 0 Å². The third-order valence-corrected chi connectivity index (χ3v) is 3.51. The minimum Gasteiger partial charge on any atom is -0.379 e. The number of hydrogen-bond donors (Lipinski definition) is 0. The monoisotopic (exact) mass is 257 g/mol. The number of benzene rings is 1. The Morgan fingerprint density at radius 1 is 1.41 bits per heavy atom. The van der Waals surface area contributed by atoms with Gasteiger partial charge in [-0.1, -0.05) is 24.6 Å². The highest BCUT2D eigenvalue weighted by Crippen LogP contribution is 2.27. The molecule has 1 unspecified atom stereocenters. The summed E-state index contributed by atoms with van der Waals surface area (Å²) in [6.07, 6.45) is 0.959. The first-order valence-corrected chi connectivity index (χ1v) is 6.37. The van der Waals surface area contributed by atoms with E-state index >= 15 is 0 Å². The second-order valence-electron chi connectivity index (χ2n) is 4.25. The Balaban J connectivity index is 2.18. The SMILES string of the molecule is CCC(c1ccc(Cl)c(F)c1)N1CCOCC1. The summed E-state index contributed by atoms with van der Waals surface area (Å²) in [5.41, 5.74) is 0.997. The van der Waals surface area contributed by atoms with Crippen LogP contribution in [0, 0.1) is 5.82 Å². The summed E-state index contributed by atoms with van der Waals surface area (Å²) in [5.74, 6) is -0.337. The van der Waals surface area contributed by atoms with Crippen LogP contribution in [-0.2, 0) is 4.74 Å². The molecule has 0 bridgehead atoms. The molecule has 1 fully saturated rings. The quantitative estimate of drug-likeness (QED) is 0.824. The smallest absolute Gasteiger partial charge is 0.142 e. The molecule has 1 aromatic carbocycles. The zero-order valence-corrected chi connectivity index (χ0v) is 10.7. The molecule has 0 aromatic heterocycles. The number of hydrogen-bond acceptors (Lipinski definition) is 2. The van der Waals surface area contributed by atoms with Crippen LogP contribution in [0.5, 0.6) is 0 Å². The molecule has 0 aliphatic carbocycles. The topological polar surface area (TPSA) is 12.5 Å². The summed E-state index contributed by atoms with van der Waals surface area (Å²) >= 11 is 5.71. The van der Waals surface area contributed by atoms with Gasteiger partial charge in [-0.15, -0.1) is 0 Å². The van der Waals surface area contributed by atoms with Crippen LogP contribution in [0.15, 0.2) is 18.2 Å². The van der Waals surface area contributed by atoms with Crippen LogP contribution in [0.1, 0.15) is 24.9 Å². The first kappa shape index (κ1) is 12.8. The molecule has 1 aliphatic heterocycles. The third-order valence-electron chi connectivity index (χ3n) is 3.20. The Morgan fingerprint density at radius 2 is 2.12 bits per heavy atom. The molecule has 0 N–H and O–H groups in total. The second-order valence-corrected chi connectivity index (χ2v) is 4.65. The molecule has 1 aromatic rings. The minimum atomic E-state index is -0.337. The van der Waals surface area contributed by atoms with E-state index in [1.165, 1.54) is 0 Å². The Hall–Kier alpha value is -0.640. The Kier molecular flexibility index (Phi) is 4.37. The number of rotatable bonds is 3. The zero-order chi connectivity index (χ0) is 12.3. The summed E-state index contributed by atoms with van der Waals surface area (Å²) in [6.45, 7) is 5.44. The fourth-order valence-electron chi connectivity index (χ4n) is 2.31. The summed E-state index contributed by atoms with van der Waals surface area (Å²) in [4.78, 5) is 2.34. The highest BCUT2D eigenvalue weighted by atomic mass is 35.5. The summed E-state index contributed by atoms with van der Waals surface area (Å²) in [6, 6.07) is 5.35. The van der Waals surface area contributed by atoms with Crippen molar-refractivity contribution in [3.05, 3.63) is 34.6 Å². The van der Waals surface area contributed by atoms with Crippen molar-refractivity contribution in [2.45, 2.75) is 19.4 Å². The predicted octanol–water partition coefficient (Wildman–Crippen LogP) is 3.26. The molecule has 1 saturated heterocycles. The van der Waals surface area contributed by atoms with Crippen molar-refractivity contribution >= 4 is 11.6 Å². The fourth-order valence-corrected chi connectivity index (χ4v) is 2.43. The molecule has 0 saturated carbocycles. The van der Waals surface area contributed by atoms with Gasteiger partial charge in [-0.3, -0.25) is 4.90 Å². The van der Waals surface area contributed by atoms with Gasteiger partial charge in [0.25, 0.3) is 0 Å². The molecule has 2 rings (SSSR count). The lowest BCUT2D eigenvalue weighted by molar-refractivity contribution is 0.0152. The maximum atomic E-state index is 13.5. The molecule has 94 valence electrons. The van der Waals surface area contributed by atoms with E-state index in [0.717, 1.165) is 38.3 Å². The van der Waals surface area contributed by atoms with Gasteiger partial charge in [-0.25, -0.2) is 4.39 Å². The van der Waals surface area contributed by atoms with Crippen molar-refractivity contribution in [2.75, 3.05) is 26.3 Å². The third kappa shape index (κ3) is 2.97. The molecule has 4 heteroatoms. The van der Waals surface area contributed by atoms with E-state index in [2.05, 4.69) is 11.8 Å². The van der Waals surface area contributed by atoms with Crippen LogP contribution in [0.2, 0.25) is 5.02 Å². The number of nitrogens with zero attached hydrogens (tertiary/aromatic N) is 1. The fraction of sp³-hybridized carbons (Fsp3) is 0.538. The lowest BCUT2D eigenvalue weighted by atomic mass is 10.0. The van der Waals surface area contributed by atoms with Gasteiger partial charge >= 0.3 is 0 Å². The summed E-state index contributed by atoms with van der Waals surface area (Å²) in [5, 5.41) is 0.186. The minimum absolute atomic E-state index is 0.186. The first-order chi connectivity index (χ1) is 8.22. The zero-order valence-electron chi connectivity index (χ0n) is 9.96. The Labute approximate surface area is 106 Å². The molecule has 1 atom stereocenters. The Bertz CT molecular complexity index is 380. The van der Waals surface area contributed by atoms with Gasteiger partial charge in [-0.2, -0.15) is 0 Å². The maximum Gasteiger partial charge on any atom is 0.142 e. The van der Waals surface area contributed by atoms with Crippen LogP contribution in [0.25, 0.3) is 0 Å². The first-order valence-electron chi connectivity index (χ1n) is 5.99. The molecule has 0 spiro atoms. The molecule has 17 heavy (non-hydrogen) atoms. The van der Waals surface area contributed by atoms with Crippen LogP contribution < -0.4 is 0 Å². The molecular weight excluding hydrogens is 241 g/mol. The van der Waals surface area contributed by atoms with Crippen molar-refractivity contribution < 1.29 is 9.13 Å². The van der Waals surface area contributed by atoms with Crippen LogP contribution in [0.4, 0.5) is 4.39 Å². The van der Waals surface area contributed by atoms with E-state index in [9.17, 15) is 4.39 Å². The number of halogens is 2. The summed E-state index contributed by atoms with van der Waals surface area (Å²) < 4.78 is 18.8. The molecule has 0 amide bonds. The van der Waals surface area contributed by atoms with E-state index in [0.29, 0.717) is 0 Å². The van der Waals surface area contributed by atoms with Gasteiger partial charge in [0, 0.05) is 19.1 Å². The molecule has 1 heterocycles. The van der Waals surface area contributed by atoms with Gasteiger partial charge < -0.3 is 4.74 Å². The van der Waals surface area contributed by atoms with E-state index in [1.807, 2.05) is 6.07 Å². The van der Waals surface area contributed by atoms with Gasteiger partial charge in [0.1, 0.15) is 5.82 Å². The van der Waals surface area contributed by atoms with Crippen LogP contribution in [0.3, 0.4) is 0 Å². The molecular formula is C13H17ClFNO. The Morgan fingerprint density at radius 3 is 2.71 bits per heavy atom. The predicted molar refractivity (Wildman–Crippen MR) is 66.8 cm³/mol. The van der Waals surface area contributed by atoms with Gasteiger partial charge in [-0.05, 0) is 24.1 Å². The average molecular weight is 258 g/mol. The number of morpholine rings is 1. The highest BCUT2D eigenvalue weighted by Gasteiger charge is 2.21. The maximum absolute atomic E-state index is 13.5. The summed E-state index contributed by atoms with van der Waals surface area (Å²) in [7, 11) is 0. The van der Waals surface area contributed by atoms with Crippen molar-refractivity contribution in [3.63, 3.8) is 0 Å². The standard InChI is InChI=1S/C13H17ClFNO/c1-2-13(16-5-7-17-8-6-16)10-3-4-11(14)12(15)9-10/h3-4,9,13H,2,5-8H2,1H3. The molecule has 0 radical (unpaired) electrons. The van der Waals surface area contributed by atoms with E-state index < -0.39 is 0 Å². The lowest BCUT2D eigenvalue weighted by Gasteiger charge is -2.34. The van der Waals surface area contributed by atoms with E-state index in [1.54, 1.807) is 12.1 Å². The lowest BCUT2D eigenvalue weighted by Crippen LogP contribution is -2.38. The van der Waals surface area contributed by atoms with Gasteiger partial charge in [0.15, 0.2) is 0 Å². The molecule has 2 nitrogen and oxygen atoms in total. The molecule has 1 aliphatic rings. The van der Waals surface area contributed by atoms with Crippen molar-refractivity contribution in [2.24, 2.45) is 0 Å². The van der Waals surface area contributed by atoms with Crippen molar-refractivity contribution in [3.8, 4) is 0 Å². The number of ether oxygens (including phenoxy) is 1. The van der Waals surface area contributed by atoms with E-state index in [-0.39, 0.29) is 16.9 Å². The van der Waals surface area contributed by atoms with Crippen LogP contribution >= 0.6 is 11.6 Å². The highest BCUT2D eigenvalue weighted by molar-refractivity contribution is 6.30. The van der Waals surface area contributed by atoms with Crippen LogP contribution in [-0.4, -0.2) is 31.2 Å². The van der Waals surface area contributed by atoms with Crippen molar-refractivity contribution in [1.82, 2.24) is 4.90 Å². The largest absolute Gasteiger partial charge is 0.379 e. The normalized spacial score (nSPS) is 19.2. The van der Waals surface area contributed by atoms with E-state index in [4.69, 9.17) is 16.3 Å². The van der Waals surface area contributed by atoms with Gasteiger partial charge in [0.05, 0.1) is 18.2 Å². The average Bonchev–Trinajstić information content (AvgIpc) is 2.36. The van der Waals surface area contributed by atoms with Gasteiger partial charge in [0.2, 0.25) is 0 Å². The second kappa shape index (κ2) is 5.80.